The molecule has 1 rings (SSSR count). The lowest BCUT2D eigenvalue weighted by atomic mass is 9.89. The van der Waals surface area contributed by atoms with Crippen LogP contribution < -0.4 is 4.74 Å². The molecule has 0 aliphatic carbocycles. The number of unbranched alkanes of at least 4 members (excludes halogenated alkanes) is 3. The number of phenols is 1. The van der Waals surface area contributed by atoms with E-state index < -0.39 is 17.7 Å². The molecule has 0 amide bonds. The van der Waals surface area contributed by atoms with E-state index in [9.17, 15) is 14.3 Å². The molecule has 4 nitrogen and oxygen atoms in total. The van der Waals surface area contributed by atoms with Crippen LogP contribution in [0.4, 0.5) is 9.18 Å². The maximum Gasteiger partial charge on any atom is 0.511 e. The van der Waals surface area contributed by atoms with Crippen LogP contribution in [0, 0.1) is 5.82 Å². The minimum atomic E-state index is -1.62. The SMILES string of the molecule is CCCCc1c(O)c(OC(=O)O)c(F)c(CCCC)c1CCCC. The molecule has 0 radical (unpaired) electrons. The van der Waals surface area contributed by atoms with E-state index in [0.29, 0.717) is 30.4 Å². The van der Waals surface area contributed by atoms with Gasteiger partial charge in [-0.3, -0.25) is 0 Å². The number of phenolic OH excluding ortho intramolecular Hbond substituents is 1. The van der Waals surface area contributed by atoms with Crippen LogP contribution in [0.5, 0.6) is 11.5 Å². The van der Waals surface area contributed by atoms with Gasteiger partial charge in [0, 0.05) is 5.56 Å². The monoisotopic (exact) mass is 340 g/mol. The molecule has 0 aliphatic heterocycles. The number of hydrogen-bond donors (Lipinski definition) is 2. The molecule has 1 aromatic rings. The Kier molecular flexibility index (Phi) is 8.58. The van der Waals surface area contributed by atoms with Gasteiger partial charge in [0.15, 0.2) is 11.6 Å². The van der Waals surface area contributed by atoms with E-state index in [4.69, 9.17) is 5.11 Å². The largest absolute Gasteiger partial charge is 0.511 e. The topological polar surface area (TPSA) is 66.8 Å². The molecule has 0 spiro atoms. The van der Waals surface area contributed by atoms with E-state index in [1.54, 1.807) is 0 Å². The van der Waals surface area contributed by atoms with E-state index in [0.717, 1.165) is 44.1 Å². The van der Waals surface area contributed by atoms with E-state index in [1.807, 2.05) is 13.8 Å². The average Bonchev–Trinajstić information content (AvgIpc) is 2.55. The van der Waals surface area contributed by atoms with Crippen LogP contribution in [0.3, 0.4) is 0 Å². The van der Waals surface area contributed by atoms with Gasteiger partial charge in [0.25, 0.3) is 0 Å². The molecule has 0 saturated heterocycles. The summed E-state index contributed by atoms with van der Waals surface area (Å²) < 4.78 is 19.4. The highest BCUT2D eigenvalue weighted by atomic mass is 19.1. The molecule has 0 bridgehead atoms. The van der Waals surface area contributed by atoms with Crippen molar-refractivity contribution >= 4 is 6.16 Å². The first kappa shape index (κ1) is 20.3. The molecule has 0 fully saturated rings. The van der Waals surface area contributed by atoms with Crippen LogP contribution in [0.25, 0.3) is 0 Å². The van der Waals surface area contributed by atoms with Crippen molar-refractivity contribution in [3.05, 3.63) is 22.5 Å². The quantitative estimate of drug-likeness (QED) is 0.429. The van der Waals surface area contributed by atoms with Gasteiger partial charge in [0.05, 0.1) is 0 Å². The summed E-state index contributed by atoms with van der Waals surface area (Å²) in [6.45, 7) is 6.13. The predicted octanol–water partition coefficient (Wildman–Crippen LogP) is 5.62. The molecular formula is C19H29FO4. The van der Waals surface area contributed by atoms with E-state index >= 15 is 0 Å². The number of rotatable bonds is 10. The van der Waals surface area contributed by atoms with Crippen LogP contribution in [-0.2, 0) is 19.3 Å². The van der Waals surface area contributed by atoms with Gasteiger partial charge in [0.2, 0.25) is 5.75 Å². The fraction of sp³-hybridized carbons (Fsp3) is 0.632. The minimum Gasteiger partial charge on any atom is -0.504 e. The zero-order valence-electron chi connectivity index (χ0n) is 15.0. The smallest absolute Gasteiger partial charge is 0.504 e. The Balaban J connectivity index is 3.50. The third-order valence-electron chi connectivity index (χ3n) is 4.22. The average molecular weight is 340 g/mol. The summed E-state index contributed by atoms with van der Waals surface area (Å²) in [5.41, 5.74) is 1.99. The fourth-order valence-corrected chi connectivity index (χ4v) is 2.91. The van der Waals surface area contributed by atoms with Crippen molar-refractivity contribution in [2.45, 2.75) is 78.6 Å². The number of carbonyl (C=O) groups is 1. The van der Waals surface area contributed by atoms with Gasteiger partial charge >= 0.3 is 6.16 Å². The first-order chi connectivity index (χ1) is 11.5. The van der Waals surface area contributed by atoms with Crippen LogP contribution in [0.1, 0.15) is 76.0 Å². The Hall–Kier alpha value is -1.78. The Bertz CT molecular complexity index is 520. The summed E-state index contributed by atoms with van der Waals surface area (Å²) in [7, 11) is 0. The maximum absolute atomic E-state index is 14.9. The lowest BCUT2D eigenvalue weighted by Crippen LogP contribution is -2.11. The van der Waals surface area contributed by atoms with Crippen LogP contribution in [-0.4, -0.2) is 16.4 Å². The van der Waals surface area contributed by atoms with Crippen molar-refractivity contribution in [2.75, 3.05) is 0 Å². The highest BCUT2D eigenvalue weighted by Gasteiger charge is 2.25. The number of carboxylic acid groups (broad SMARTS) is 1. The predicted molar refractivity (Wildman–Crippen MR) is 92.6 cm³/mol. The minimum absolute atomic E-state index is 0.352. The molecular weight excluding hydrogens is 311 g/mol. The summed E-state index contributed by atoms with van der Waals surface area (Å²) in [6.07, 6.45) is 5.55. The number of ether oxygens (including phenoxy) is 1. The molecule has 2 N–H and O–H groups in total. The van der Waals surface area contributed by atoms with Crippen molar-refractivity contribution in [2.24, 2.45) is 0 Å². The summed E-state index contributed by atoms with van der Waals surface area (Å²) in [5, 5.41) is 19.3. The molecule has 0 heterocycles. The zero-order valence-corrected chi connectivity index (χ0v) is 15.0. The number of halogens is 1. The first-order valence-electron chi connectivity index (χ1n) is 8.93. The summed E-state index contributed by atoms with van der Waals surface area (Å²) in [6, 6.07) is 0. The molecule has 0 aromatic heterocycles. The second-order valence-electron chi connectivity index (χ2n) is 6.11. The summed E-state index contributed by atoms with van der Waals surface area (Å²) >= 11 is 0. The van der Waals surface area contributed by atoms with Gasteiger partial charge in [-0.1, -0.05) is 40.0 Å². The lowest BCUT2D eigenvalue weighted by molar-refractivity contribution is 0.140. The second kappa shape index (κ2) is 10.2. The molecule has 0 atom stereocenters. The Morgan fingerprint density at radius 2 is 1.38 bits per heavy atom. The number of aromatic hydroxyl groups is 1. The zero-order chi connectivity index (χ0) is 18.1. The molecule has 0 aliphatic rings. The third kappa shape index (κ3) is 5.11. The maximum atomic E-state index is 14.9. The Morgan fingerprint density at radius 1 is 0.917 bits per heavy atom. The van der Waals surface area contributed by atoms with Gasteiger partial charge in [0.1, 0.15) is 0 Å². The van der Waals surface area contributed by atoms with Gasteiger partial charge in [-0.15, -0.1) is 0 Å². The summed E-state index contributed by atoms with van der Waals surface area (Å²) in [5.74, 6) is -1.62. The number of hydrogen-bond acceptors (Lipinski definition) is 3. The standard InChI is InChI=1S/C19H29FO4/c1-4-7-10-13-14(11-8-5-2)16(20)18(24-19(22)23)17(21)15(13)12-9-6-3/h21H,4-12H2,1-3H3,(H,22,23). The van der Waals surface area contributed by atoms with Gasteiger partial charge in [-0.25, -0.2) is 9.18 Å². The van der Waals surface area contributed by atoms with E-state index in [2.05, 4.69) is 11.7 Å². The molecule has 136 valence electrons. The van der Waals surface area contributed by atoms with Gasteiger partial charge in [-0.2, -0.15) is 0 Å². The Labute approximate surface area is 143 Å². The third-order valence-corrected chi connectivity index (χ3v) is 4.22. The highest BCUT2D eigenvalue weighted by Crippen LogP contribution is 2.40. The van der Waals surface area contributed by atoms with Gasteiger partial charge in [-0.05, 0) is 49.7 Å². The Morgan fingerprint density at radius 3 is 1.83 bits per heavy atom. The highest BCUT2D eigenvalue weighted by molar-refractivity contribution is 5.65. The molecule has 5 heteroatoms. The van der Waals surface area contributed by atoms with Crippen molar-refractivity contribution in [3.63, 3.8) is 0 Å². The van der Waals surface area contributed by atoms with Crippen LogP contribution >= 0.6 is 0 Å². The van der Waals surface area contributed by atoms with Crippen molar-refractivity contribution in [1.29, 1.82) is 0 Å². The lowest BCUT2D eigenvalue weighted by Gasteiger charge is -2.20. The van der Waals surface area contributed by atoms with Crippen LogP contribution in [0.2, 0.25) is 0 Å². The fourth-order valence-electron chi connectivity index (χ4n) is 2.91. The van der Waals surface area contributed by atoms with Crippen molar-refractivity contribution in [1.82, 2.24) is 0 Å². The van der Waals surface area contributed by atoms with Crippen LogP contribution in [0.15, 0.2) is 0 Å². The van der Waals surface area contributed by atoms with E-state index in [1.165, 1.54) is 0 Å². The normalized spacial score (nSPS) is 10.8. The molecule has 0 saturated carbocycles. The molecule has 24 heavy (non-hydrogen) atoms. The first-order valence-corrected chi connectivity index (χ1v) is 8.93. The second-order valence-corrected chi connectivity index (χ2v) is 6.11. The number of benzene rings is 1. The van der Waals surface area contributed by atoms with Gasteiger partial charge < -0.3 is 14.9 Å². The molecule has 1 aromatic carbocycles. The van der Waals surface area contributed by atoms with E-state index in [-0.39, 0.29) is 5.75 Å². The van der Waals surface area contributed by atoms with Crippen molar-refractivity contribution < 1.29 is 24.1 Å². The van der Waals surface area contributed by atoms with Crippen molar-refractivity contribution in [3.8, 4) is 11.5 Å². The molecule has 0 unspecified atom stereocenters. The summed E-state index contributed by atoms with van der Waals surface area (Å²) in [4.78, 5) is 10.9.